The third-order valence-electron chi connectivity index (χ3n) is 3.63. The second-order valence-corrected chi connectivity index (χ2v) is 4.98. The number of hydrogen-bond donors (Lipinski definition) is 1. The van der Waals surface area contributed by atoms with Gasteiger partial charge in [0.15, 0.2) is 0 Å². The van der Waals surface area contributed by atoms with Gasteiger partial charge >= 0.3 is 0 Å². The van der Waals surface area contributed by atoms with E-state index in [2.05, 4.69) is 42.0 Å². The highest BCUT2D eigenvalue weighted by Crippen LogP contribution is 2.20. The first-order valence-corrected chi connectivity index (χ1v) is 7.13. The molecule has 0 spiro atoms. The Balaban J connectivity index is 2.01. The molecule has 0 unspecified atom stereocenters. The number of fused-ring (bicyclic) bond motifs is 1. The lowest BCUT2D eigenvalue weighted by Crippen LogP contribution is -1.98. The fourth-order valence-electron chi connectivity index (χ4n) is 2.55. The van der Waals surface area contributed by atoms with Crippen LogP contribution in [0.3, 0.4) is 0 Å². The quantitative estimate of drug-likeness (QED) is 0.731. The van der Waals surface area contributed by atoms with E-state index in [1.165, 1.54) is 48.6 Å². The second kappa shape index (κ2) is 6.60. The highest BCUT2D eigenvalue weighted by atomic mass is 14.9. The average Bonchev–Trinajstić information content (AvgIpc) is 2.82. The first-order valence-electron chi connectivity index (χ1n) is 7.13. The zero-order chi connectivity index (χ0) is 12.8. The molecular formula is C16H24N2. The van der Waals surface area contributed by atoms with Crippen LogP contribution in [0.2, 0.25) is 0 Å². The topological polar surface area (TPSA) is 30.9 Å². The van der Waals surface area contributed by atoms with Gasteiger partial charge in [0.2, 0.25) is 0 Å². The molecule has 0 bridgehead atoms. The number of aromatic nitrogens is 1. The van der Waals surface area contributed by atoms with E-state index in [4.69, 9.17) is 5.73 Å². The van der Waals surface area contributed by atoms with Crippen LogP contribution in [0.5, 0.6) is 0 Å². The van der Waals surface area contributed by atoms with Crippen LogP contribution in [0.25, 0.3) is 10.9 Å². The number of nitrogens with zero attached hydrogens (tertiary/aromatic N) is 1. The van der Waals surface area contributed by atoms with E-state index in [9.17, 15) is 0 Å². The van der Waals surface area contributed by atoms with Crippen molar-refractivity contribution in [2.75, 3.05) is 0 Å². The number of hydrogen-bond acceptors (Lipinski definition) is 1. The predicted octanol–water partition coefficient (Wildman–Crippen LogP) is 4.07. The molecule has 2 heteroatoms. The van der Waals surface area contributed by atoms with Gasteiger partial charge in [-0.15, -0.1) is 0 Å². The Morgan fingerprint density at radius 3 is 2.67 bits per heavy atom. The maximum atomic E-state index is 5.77. The molecule has 2 N–H and O–H groups in total. The Kier molecular flexibility index (Phi) is 4.82. The van der Waals surface area contributed by atoms with Crippen molar-refractivity contribution in [3.63, 3.8) is 0 Å². The molecule has 0 atom stereocenters. The van der Waals surface area contributed by atoms with Gasteiger partial charge in [0, 0.05) is 30.2 Å². The summed E-state index contributed by atoms with van der Waals surface area (Å²) in [4.78, 5) is 0. The van der Waals surface area contributed by atoms with Gasteiger partial charge in [-0.2, -0.15) is 0 Å². The third kappa shape index (κ3) is 2.94. The van der Waals surface area contributed by atoms with Crippen LogP contribution in [0.4, 0.5) is 0 Å². The van der Waals surface area contributed by atoms with Crippen LogP contribution >= 0.6 is 0 Å². The van der Waals surface area contributed by atoms with Crippen molar-refractivity contribution in [3.8, 4) is 0 Å². The Hall–Kier alpha value is -1.28. The molecule has 0 aliphatic heterocycles. The number of benzene rings is 1. The van der Waals surface area contributed by atoms with Gasteiger partial charge in [0.1, 0.15) is 0 Å². The van der Waals surface area contributed by atoms with Gasteiger partial charge in [-0.3, -0.25) is 0 Å². The molecule has 0 saturated carbocycles. The minimum atomic E-state index is 0.623. The van der Waals surface area contributed by atoms with Crippen molar-refractivity contribution in [2.45, 2.75) is 52.1 Å². The number of rotatable bonds is 7. The van der Waals surface area contributed by atoms with E-state index in [0.717, 1.165) is 6.54 Å². The van der Waals surface area contributed by atoms with E-state index >= 15 is 0 Å². The number of aryl methyl sites for hydroxylation is 1. The Labute approximate surface area is 110 Å². The lowest BCUT2D eigenvalue weighted by Gasteiger charge is -2.06. The first kappa shape index (κ1) is 13.2. The number of unbranched alkanes of at least 4 members (excludes halogenated alkanes) is 4. The molecule has 98 valence electrons. The van der Waals surface area contributed by atoms with Crippen LogP contribution in [0, 0.1) is 0 Å². The molecule has 1 heterocycles. The van der Waals surface area contributed by atoms with Gasteiger partial charge in [-0.05, 0) is 24.1 Å². The smallest absolute Gasteiger partial charge is 0.0483 e. The van der Waals surface area contributed by atoms with E-state index < -0.39 is 0 Å². The maximum absolute atomic E-state index is 5.77. The monoisotopic (exact) mass is 244 g/mol. The predicted molar refractivity (Wildman–Crippen MR) is 78.6 cm³/mol. The summed E-state index contributed by atoms with van der Waals surface area (Å²) in [7, 11) is 0. The molecule has 1 aromatic heterocycles. The molecule has 0 amide bonds. The Bertz CT molecular complexity index is 485. The van der Waals surface area contributed by atoms with Crippen LogP contribution in [-0.2, 0) is 13.1 Å². The van der Waals surface area contributed by atoms with Gasteiger partial charge in [-0.1, -0.05) is 44.7 Å². The van der Waals surface area contributed by atoms with Crippen molar-refractivity contribution in [1.82, 2.24) is 4.57 Å². The van der Waals surface area contributed by atoms with E-state index in [0.29, 0.717) is 6.54 Å². The van der Waals surface area contributed by atoms with Gasteiger partial charge in [-0.25, -0.2) is 0 Å². The van der Waals surface area contributed by atoms with Gasteiger partial charge in [0.05, 0.1) is 0 Å². The SMILES string of the molecule is CCCCCCCn1ccc2c(CN)cccc21. The molecule has 0 fully saturated rings. The lowest BCUT2D eigenvalue weighted by atomic mass is 10.1. The summed E-state index contributed by atoms with van der Waals surface area (Å²) in [5.41, 5.74) is 8.35. The van der Waals surface area contributed by atoms with Crippen molar-refractivity contribution < 1.29 is 0 Å². The molecule has 0 aliphatic rings. The summed E-state index contributed by atoms with van der Waals surface area (Å²) < 4.78 is 2.36. The zero-order valence-electron chi connectivity index (χ0n) is 11.4. The summed E-state index contributed by atoms with van der Waals surface area (Å²) in [5, 5.41) is 1.31. The molecule has 1 aromatic carbocycles. The van der Waals surface area contributed by atoms with Crippen molar-refractivity contribution in [3.05, 3.63) is 36.0 Å². The fourth-order valence-corrected chi connectivity index (χ4v) is 2.55. The molecule has 0 radical (unpaired) electrons. The molecule has 2 aromatic rings. The van der Waals surface area contributed by atoms with Crippen molar-refractivity contribution in [2.24, 2.45) is 5.73 Å². The van der Waals surface area contributed by atoms with Crippen LogP contribution < -0.4 is 5.73 Å². The van der Waals surface area contributed by atoms with Crippen molar-refractivity contribution >= 4 is 10.9 Å². The fraction of sp³-hybridized carbons (Fsp3) is 0.500. The molecule has 0 saturated heterocycles. The molecule has 2 nitrogen and oxygen atoms in total. The molecule has 2 rings (SSSR count). The van der Waals surface area contributed by atoms with E-state index in [-0.39, 0.29) is 0 Å². The summed E-state index contributed by atoms with van der Waals surface area (Å²) in [6.07, 6.45) is 8.85. The van der Waals surface area contributed by atoms with E-state index in [1.54, 1.807) is 0 Å². The second-order valence-electron chi connectivity index (χ2n) is 4.98. The summed E-state index contributed by atoms with van der Waals surface area (Å²) in [6, 6.07) is 8.62. The van der Waals surface area contributed by atoms with Crippen LogP contribution in [0.15, 0.2) is 30.5 Å². The standard InChI is InChI=1S/C16H24N2/c1-2-3-4-5-6-11-18-12-10-15-14(13-17)8-7-9-16(15)18/h7-10,12H,2-6,11,13,17H2,1H3. The van der Waals surface area contributed by atoms with Crippen LogP contribution in [0.1, 0.15) is 44.6 Å². The third-order valence-corrected chi connectivity index (χ3v) is 3.63. The van der Waals surface area contributed by atoms with Gasteiger partial charge < -0.3 is 10.3 Å². The summed E-state index contributed by atoms with van der Waals surface area (Å²) in [5.74, 6) is 0. The number of nitrogens with two attached hydrogens (primary N) is 1. The van der Waals surface area contributed by atoms with Gasteiger partial charge in [0.25, 0.3) is 0 Å². The Morgan fingerprint density at radius 1 is 1.06 bits per heavy atom. The largest absolute Gasteiger partial charge is 0.347 e. The van der Waals surface area contributed by atoms with Crippen LogP contribution in [-0.4, -0.2) is 4.57 Å². The maximum Gasteiger partial charge on any atom is 0.0483 e. The zero-order valence-corrected chi connectivity index (χ0v) is 11.4. The summed E-state index contributed by atoms with van der Waals surface area (Å²) in [6.45, 7) is 4.01. The Morgan fingerprint density at radius 2 is 1.89 bits per heavy atom. The average molecular weight is 244 g/mol. The highest BCUT2D eigenvalue weighted by molar-refractivity contribution is 5.83. The normalized spacial score (nSPS) is 11.2. The van der Waals surface area contributed by atoms with E-state index in [1.807, 2.05) is 0 Å². The summed E-state index contributed by atoms with van der Waals surface area (Å²) >= 11 is 0. The minimum absolute atomic E-state index is 0.623. The highest BCUT2D eigenvalue weighted by Gasteiger charge is 2.03. The van der Waals surface area contributed by atoms with Crippen molar-refractivity contribution in [1.29, 1.82) is 0 Å². The molecule has 18 heavy (non-hydrogen) atoms. The minimum Gasteiger partial charge on any atom is -0.347 e. The lowest BCUT2D eigenvalue weighted by molar-refractivity contribution is 0.577. The molecule has 0 aliphatic carbocycles. The molecular weight excluding hydrogens is 220 g/mol. The first-order chi connectivity index (χ1) is 8.86.